The summed E-state index contributed by atoms with van der Waals surface area (Å²) in [6.45, 7) is 3.06. The third kappa shape index (κ3) is 3.40. The standard InChI is InChI=1S/C11H19NOS/c1-9(7-13-3)6-11(12-2)10-4-5-14-8-10/h4-5,8-9,11-12H,6-7H2,1-3H3. The summed E-state index contributed by atoms with van der Waals surface area (Å²) in [5.74, 6) is 0.595. The van der Waals surface area contributed by atoms with Crippen LogP contribution in [0.3, 0.4) is 0 Å². The molecule has 3 heteroatoms. The Labute approximate surface area is 90.3 Å². The summed E-state index contributed by atoms with van der Waals surface area (Å²) >= 11 is 1.75. The Morgan fingerprint density at radius 3 is 2.86 bits per heavy atom. The zero-order chi connectivity index (χ0) is 10.4. The molecular formula is C11H19NOS. The van der Waals surface area contributed by atoms with E-state index in [0.717, 1.165) is 13.0 Å². The highest BCUT2D eigenvalue weighted by Crippen LogP contribution is 2.22. The molecule has 1 rings (SSSR count). The number of hydrogen-bond acceptors (Lipinski definition) is 3. The minimum atomic E-state index is 0.464. The molecule has 0 bridgehead atoms. The molecule has 0 saturated heterocycles. The van der Waals surface area contributed by atoms with E-state index in [9.17, 15) is 0 Å². The van der Waals surface area contributed by atoms with E-state index < -0.39 is 0 Å². The summed E-state index contributed by atoms with van der Waals surface area (Å²) in [5, 5.41) is 7.68. The van der Waals surface area contributed by atoms with Gasteiger partial charge in [0.05, 0.1) is 0 Å². The average Bonchev–Trinajstić information content (AvgIpc) is 2.67. The second-order valence-electron chi connectivity index (χ2n) is 3.69. The van der Waals surface area contributed by atoms with Gasteiger partial charge >= 0.3 is 0 Å². The quantitative estimate of drug-likeness (QED) is 0.784. The minimum absolute atomic E-state index is 0.464. The topological polar surface area (TPSA) is 21.3 Å². The molecule has 0 radical (unpaired) electrons. The van der Waals surface area contributed by atoms with Gasteiger partial charge in [-0.15, -0.1) is 0 Å². The molecule has 0 fully saturated rings. The molecule has 0 aromatic carbocycles. The minimum Gasteiger partial charge on any atom is -0.384 e. The van der Waals surface area contributed by atoms with E-state index >= 15 is 0 Å². The first-order valence-electron chi connectivity index (χ1n) is 4.96. The van der Waals surface area contributed by atoms with Crippen molar-refractivity contribution in [2.75, 3.05) is 20.8 Å². The fourth-order valence-electron chi connectivity index (χ4n) is 1.65. The van der Waals surface area contributed by atoms with E-state index in [0.29, 0.717) is 12.0 Å². The average molecular weight is 213 g/mol. The van der Waals surface area contributed by atoms with Crippen molar-refractivity contribution in [1.29, 1.82) is 0 Å². The van der Waals surface area contributed by atoms with Crippen molar-refractivity contribution in [2.24, 2.45) is 5.92 Å². The van der Waals surface area contributed by atoms with E-state index in [1.807, 2.05) is 7.05 Å². The Morgan fingerprint density at radius 2 is 2.36 bits per heavy atom. The molecule has 2 atom stereocenters. The van der Waals surface area contributed by atoms with Gasteiger partial charge in [0.2, 0.25) is 0 Å². The van der Waals surface area contributed by atoms with Gasteiger partial charge in [-0.05, 0) is 41.8 Å². The Morgan fingerprint density at radius 1 is 1.57 bits per heavy atom. The Bertz CT molecular complexity index is 235. The fraction of sp³-hybridized carbons (Fsp3) is 0.636. The third-order valence-corrected chi connectivity index (χ3v) is 3.08. The number of thiophene rings is 1. The van der Waals surface area contributed by atoms with E-state index in [1.54, 1.807) is 18.4 Å². The molecule has 1 N–H and O–H groups in total. The molecule has 1 heterocycles. The van der Waals surface area contributed by atoms with Gasteiger partial charge in [-0.3, -0.25) is 0 Å². The predicted octanol–water partition coefficient (Wildman–Crippen LogP) is 2.68. The van der Waals surface area contributed by atoms with Crippen molar-refractivity contribution in [1.82, 2.24) is 5.32 Å². The molecule has 0 saturated carbocycles. The van der Waals surface area contributed by atoms with Crippen molar-refractivity contribution >= 4 is 11.3 Å². The maximum atomic E-state index is 5.14. The zero-order valence-corrected chi connectivity index (χ0v) is 9.93. The van der Waals surface area contributed by atoms with Gasteiger partial charge in [-0.2, -0.15) is 11.3 Å². The Balaban J connectivity index is 2.47. The SMILES string of the molecule is CNC(CC(C)COC)c1ccsc1. The van der Waals surface area contributed by atoms with Crippen LogP contribution in [0.4, 0.5) is 0 Å². The predicted molar refractivity (Wildman–Crippen MR) is 61.8 cm³/mol. The Hall–Kier alpha value is -0.380. The monoisotopic (exact) mass is 213 g/mol. The number of methoxy groups -OCH3 is 1. The largest absolute Gasteiger partial charge is 0.384 e. The summed E-state index contributed by atoms with van der Waals surface area (Å²) in [5.41, 5.74) is 1.39. The fourth-order valence-corrected chi connectivity index (χ4v) is 2.36. The van der Waals surface area contributed by atoms with E-state index in [4.69, 9.17) is 4.74 Å². The van der Waals surface area contributed by atoms with Crippen LogP contribution < -0.4 is 5.32 Å². The van der Waals surface area contributed by atoms with E-state index in [2.05, 4.69) is 29.1 Å². The highest BCUT2D eigenvalue weighted by molar-refractivity contribution is 7.07. The third-order valence-electron chi connectivity index (χ3n) is 2.38. The zero-order valence-electron chi connectivity index (χ0n) is 9.12. The Kier molecular flexibility index (Phi) is 5.15. The van der Waals surface area contributed by atoms with Crippen LogP contribution in [0, 0.1) is 5.92 Å². The van der Waals surface area contributed by atoms with Crippen LogP contribution in [0.5, 0.6) is 0 Å². The van der Waals surface area contributed by atoms with Crippen LogP contribution in [-0.4, -0.2) is 20.8 Å². The molecular weight excluding hydrogens is 194 g/mol. The second-order valence-corrected chi connectivity index (χ2v) is 4.47. The molecule has 80 valence electrons. The molecule has 2 nitrogen and oxygen atoms in total. The van der Waals surface area contributed by atoms with Crippen molar-refractivity contribution < 1.29 is 4.74 Å². The van der Waals surface area contributed by atoms with Crippen LogP contribution in [0.2, 0.25) is 0 Å². The number of ether oxygens (including phenoxy) is 1. The van der Waals surface area contributed by atoms with E-state index in [1.165, 1.54) is 5.56 Å². The van der Waals surface area contributed by atoms with Crippen molar-refractivity contribution in [2.45, 2.75) is 19.4 Å². The lowest BCUT2D eigenvalue weighted by Crippen LogP contribution is -2.20. The second kappa shape index (κ2) is 6.17. The van der Waals surface area contributed by atoms with Gasteiger partial charge in [0, 0.05) is 19.8 Å². The van der Waals surface area contributed by atoms with Crippen molar-refractivity contribution in [3.8, 4) is 0 Å². The van der Waals surface area contributed by atoms with Gasteiger partial charge in [0.25, 0.3) is 0 Å². The molecule has 14 heavy (non-hydrogen) atoms. The normalized spacial score (nSPS) is 15.4. The van der Waals surface area contributed by atoms with Gasteiger partial charge < -0.3 is 10.1 Å². The number of hydrogen-bond donors (Lipinski definition) is 1. The van der Waals surface area contributed by atoms with Crippen molar-refractivity contribution in [3.05, 3.63) is 22.4 Å². The first kappa shape index (κ1) is 11.7. The summed E-state index contributed by atoms with van der Waals surface area (Å²) in [7, 11) is 3.78. The molecule has 0 spiro atoms. The summed E-state index contributed by atoms with van der Waals surface area (Å²) in [6.07, 6.45) is 1.13. The maximum Gasteiger partial charge on any atom is 0.0488 e. The smallest absolute Gasteiger partial charge is 0.0488 e. The molecule has 0 aliphatic carbocycles. The van der Waals surface area contributed by atoms with Crippen LogP contribution in [0.1, 0.15) is 24.9 Å². The molecule has 1 aromatic rings. The highest BCUT2D eigenvalue weighted by atomic mass is 32.1. The molecule has 1 aromatic heterocycles. The lowest BCUT2D eigenvalue weighted by molar-refractivity contribution is 0.150. The maximum absolute atomic E-state index is 5.14. The van der Waals surface area contributed by atoms with Crippen LogP contribution in [0.15, 0.2) is 16.8 Å². The first-order valence-corrected chi connectivity index (χ1v) is 5.90. The number of rotatable bonds is 6. The van der Waals surface area contributed by atoms with E-state index in [-0.39, 0.29) is 0 Å². The highest BCUT2D eigenvalue weighted by Gasteiger charge is 2.13. The first-order chi connectivity index (χ1) is 6.77. The number of nitrogens with one attached hydrogen (secondary N) is 1. The summed E-state index contributed by atoms with van der Waals surface area (Å²) in [4.78, 5) is 0. The van der Waals surface area contributed by atoms with Gasteiger partial charge in [-0.1, -0.05) is 6.92 Å². The van der Waals surface area contributed by atoms with Crippen LogP contribution in [0.25, 0.3) is 0 Å². The molecule has 0 aliphatic heterocycles. The van der Waals surface area contributed by atoms with Gasteiger partial charge in [0.1, 0.15) is 0 Å². The van der Waals surface area contributed by atoms with Gasteiger partial charge in [0.15, 0.2) is 0 Å². The van der Waals surface area contributed by atoms with Crippen molar-refractivity contribution in [3.63, 3.8) is 0 Å². The molecule has 0 aliphatic rings. The summed E-state index contributed by atoms with van der Waals surface area (Å²) < 4.78 is 5.14. The lowest BCUT2D eigenvalue weighted by Gasteiger charge is -2.19. The van der Waals surface area contributed by atoms with Gasteiger partial charge in [-0.25, -0.2) is 0 Å². The molecule has 0 amide bonds. The van der Waals surface area contributed by atoms with Crippen LogP contribution in [-0.2, 0) is 4.74 Å². The van der Waals surface area contributed by atoms with Crippen LogP contribution >= 0.6 is 11.3 Å². The lowest BCUT2D eigenvalue weighted by atomic mass is 9.98. The summed E-state index contributed by atoms with van der Waals surface area (Å²) in [6, 6.07) is 2.65. The molecule has 2 unspecified atom stereocenters.